The Kier molecular flexibility index (Phi) is 2.37. The first-order valence-electron chi connectivity index (χ1n) is 3.66. The molecule has 0 bridgehead atoms. The van der Waals surface area contributed by atoms with Gasteiger partial charge < -0.3 is 0 Å². The first-order chi connectivity index (χ1) is 4.86. The highest BCUT2D eigenvalue weighted by Crippen LogP contribution is 1.95. The van der Waals surface area contributed by atoms with Crippen molar-refractivity contribution >= 4 is 0 Å². The van der Waals surface area contributed by atoms with Gasteiger partial charge in [-0.15, -0.1) is 0 Å². The Bertz CT molecular complexity index is 168. The lowest BCUT2D eigenvalue weighted by atomic mass is 10.3. The molecule has 0 saturated heterocycles. The molecular weight excluding hydrogens is 124 g/mol. The molecule has 1 rings (SSSR count). The maximum atomic E-state index is 4.21. The fourth-order valence-electron chi connectivity index (χ4n) is 0.747. The van der Waals surface area contributed by atoms with Crippen molar-refractivity contribution in [1.82, 2.24) is 9.97 Å². The minimum atomic E-state index is 0.969. The van der Waals surface area contributed by atoms with Crippen LogP contribution in [0.1, 0.15) is 25.2 Å². The summed E-state index contributed by atoms with van der Waals surface area (Å²) >= 11 is 0. The van der Waals surface area contributed by atoms with Gasteiger partial charge in [0, 0.05) is 12.4 Å². The molecule has 1 aromatic rings. The maximum Gasteiger partial charge on any atom is 0.0584 e. The minimum Gasteiger partial charge on any atom is -0.258 e. The maximum absolute atomic E-state index is 4.21. The smallest absolute Gasteiger partial charge is 0.0584 e. The summed E-state index contributed by atoms with van der Waals surface area (Å²) in [5.41, 5.74) is 2.13. The van der Waals surface area contributed by atoms with Crippen LogP contribution in [-0.4, -0.2) is 9.97 Å². The predicted molar refractivity (Wildman–Crippen MR) is 40.8 cm³/mol. The molecule has 0 aromatic carbocycles. The molecule has 2 nitrogen and oxygen atoms in total. The summed E-state index contributed by atoms with van der Waals surface area (Å²) in [6.07, 6.45) is 5.63. The van der Waals surface area contributed by atoms with Crippen LogP contribution in [0.25, 0.3) is 0 Å². The minimum absolute atomic E-state index is 0.969. The van der Waals surface area contributed by atoms with Gasteiger partial charge in [0.25, 0.3) is 0 Å². The third-order valence-electron chi connectivity index (χ3n) is 1.48. The molecule has 0 aliphatic heterocycles. The van der Waals surface area contributed by atoms with Crippen LogP contribution >= 0.6 is 0 Å². The zero-order valence-corrected chi connectivity index (χ0v) is 6.46. The summed E-state index contributed by atoms with van der Waals surface area (Å²) in [5.74, 6) is 0. The van der Waals surface area contributed by atoms with Gasteiger partial charge in [0.1, 0.15) is 0 Å². The summed E-state index contributed by atoms with van der Waals surface area (Å²) in [5, 5.41) is 0. The molecule has 1 aromatic heterocycles. The second-order valence-corrected chi connectivity index (χ2v) is 2.21. The first-order valence-corrected chi connectivity index (χ1v) is 3.66. The van der Waals surface area contributed by atoms with Crippen molar-refractivity contribution < 1.29 is 0 Å². The van der Waals surface area contributed by atoms with E-state index in [9.17, 15) is 0 Å². The fraction of sp³-hybridized carbons (Fsp3) is 0.500. The number of hydrogen-bond donors (Lipinski definition) is 0. The normalized spacial score (nSPS) is 9.80. The van der Waals surface area contributed by atoms with Crippen LogP contribution in [0, 0.1) is 0 Å². The monoisotopic (exact) mass is 136 g/mol. The third kappa shape index (κ3) is 1.53. The molecule has 0 fully saturated rings. The van der Waals surface area contributed by atoms with E-state index >= 15 is 0 Å². The summed E-state index contributed by atoms with van der Waals surface area (Å²) in [6.45, 7) is 4.16. The number of rotatable bonds is 2. The standard InChI is InChI=1S/C8H12N2/c1-3-7-5-10-8(4-2)6-9-7/h5-6H,3-4H2,1-2H3. The van der Waals surface area contributed by atoms with E-state index in [1.807, 2.05) is 12.4 Å². The van der Waals surface area contributed by atoms with E-state index < -0.39 is 0 Å². The second kappa shape index (κ2) is 3.30. The molecule has 0 unspecified atom stereocenters. The second-order valence-electron chi connectivity index (χ2n) is 2.21. The van der Waals surface area contributed by atoms with Gasteiger partial charge in [-0.2, -0.15) is 0 Å². The highest BCUT2D eigenvalue weighted by atomic mass is 14.8. The van der Waals surface area contributed by atoms with Crippen LogP contribution in [-0.2, 0) is 12.8 Å². The van der Waals surface area contributed by atoms with E-state index in [1.165, 1.54) is 0 Å². The lowest BCUT2D eigenvalue weighted by molar-refractivity contribution is 0.936. The van der Waals surface area contributed by atoms with Crippen molar-refractivity contribution in [2.45, 2.75) is 26.7 Å². The van der Waals surface area contributed by atoms with Crippen LogP contribution in [0.3, 0.4) is 0 Å². The van der Waals surface area contributed by atoms with Crippen molar-refractivity contribution in [3.63, 3.8) is 0 Å². The van der Waals surface area contributed by atoms with Crippen molar-refractivity contribution in [2.75, 3.05) is 0 Å². The quantitative estimate of drug-likeness (QED) is 0.617. The van der Waals surface area contributed by atoms with Gasteiger partial charge in [0.15, 0.2) is 0 Å². The van der Waals surface area contributed by atoms with Crippen LogP contribution in [0.2, 0.25) is 0 Å². The van der Waals surface area contributed by atoms with Gasteiger partial charge in [-0.25, -0.2) is 0 Å². The summed E-state index contributed by atoms with van der Waals surface area (Å²) in [6, 6.07) is 0. The van der Waals surface area contributed by atoms with Gasteiger partial charge in [-0.3, -0.25) is 9.97 Å². The fourth-order valence-corrected chi connectivity index (χ4v) is 0.747. The Hall–Kier alpha value is -0.920. The zero-order chi connectivity index (χ0) is 7.40. The molecule has 0 N–H and O–H groups in total. The number of nitrogens with zero attached hydrogens (tertiary/aromatic N) is 2. The summed E-state index contributed by atoms with van der Waals surface area (Å²) in [7, 11) is 0. The van der Waals surface area contributed by atoms with E-state index in [1.54, 1.807) is 0 Å². The van der Waals surface area contributed by atoms with Gasteiger partial charge in [0.05, 0.1) is 11.4 Å². The average Bonchev–Trinajstić information content (AvgIpc) is 2.05. The van der Waals surface area contributed by atoms with Crippen molar-refractivity contribution in [3.8, 4) is 0 Å². The average molecular weight is 136 g/mol. The van der Waals surface area contributed by atoms with E-state index in [0.29, 0.717) is 0 Å². The van der Waals surface area contributed by atoms with Gasteiger partial charge in [-0.05, 0) is 12.8 Å². The molecule has 0 amide bonds. The Morgan fingerprint density at radius 3 is 1.60 bits per heavy atom. The van der Waals surface area contributed by atoms with Crippen LogP contribution in [0.15, 0.2) is 12.4 Å². The molecule has 0 saturated carbocycles. The highest BCUT2D eigenvalue weighted by Gasteiger charge is 1.91. The number of aromatic nitrogens is 2. The Morgan fingerprint density at radius 1 is 1.00 bits per heavy atom. The predicted octanol–water partition coefficient (Wildman–Crippen LogP) is 1.60. The molecule has 1 heterocycles. The molecule has 0 aliphatic rings. The van der Waals surface area contributed by atoms with Crippen molar-refractivity contribution in [1.29, 1.82) is 0 Å². The molecule has 0 radical (unpaired) electrons. The van der Waals surface area contributed by atoms with Gasteiger partial charge in [0.2, 0.25) is 0 Å². The van der Waals surface area contributed by atoms with E-state index in [-0.39, 0.29) is 0 Å². The summed E-state index contributed by atoms with van der Waals surface area (Å²) < 4.78 is 0. The van der Waals surface area contributed by atoms with E-state index in [0.717, 1.165) is 24.2 Å². The van der Waals surface area contributed by atoms with Crippen LogP contribution in [0.5, 0.6) is 0 Å². The zero-order valence-electron chi connectivity index (χ0n) is 6.46. The van der Waals surface area contributed by atoms with Crippen LogP contribution < -0.4 is 0 Å². The summed E-state index contributed by atoms with van der Waals surface area (Å²) in [4.78, 5) is 8.41. The molecule has 54 valence electrons. The highest BCUT2D eigenvalue weighted by molar-refractivity contribution is 5.01. The topological polar surface area (TPSA) is 25.8 Å². The molecular formula is C8H12N2. The van der Waals surface area contributed by atoms with Gasteiger partial charge >= 0.3 is 0 Å². The number of hydrogen-bond acceptors (Lipinski definition) is 2. The van der Waals surface area contributed by atoms with Crippen molar-refractivity contribution in [2.24, 2.45) is 0 Å². The third-order valence-corrected chi connectivity index (χ3v) is 1.48. The molecule has 0 atom stereocenters. The van der Waals surface area contributed by atoms with E-state index in [2.05, 4.69) is 23.8 Å². The van der Waals surface area contributed by atoms with Crippen LogP contribution in [0.4, 0.5) is 0 Å². The molecule has 2 heteroatoms. The Balaban J connectivity index is 2.80. The molecule has 0 aliphatic carbocycles. The first kappa shape index (κ1) is 7.19. The Morgan fingerprint density at radius 2 is 1.40 bits per heavy atom. The lowest BCUT2D eigenvalue weighted by Gasteiger charge is -1.95. The van der Waals surface area contributed by atoms with Crippen molar-refractivity contribution in [3.05, 3.63) is 23.8 Å². The van der Waals surface area contributed by atoms with Gasteiger partial charge in [-0.1, -0.05) is 13.8 Å². The largest absolute Gasteiger partial charge is 0.258 e. The Labute approximate surface area is 61.3 Å². The molecule has 10 heavy (non-hydrogen) atoms. The molecule has 0 spiro atoms. The SMILES string of the molecule is CCc1cnc(CC)cn1. The number of aryl methyl sites for hydroxylation is 2. The van der Waals surface area contributed by atoms with E-state index in [4.69, 9.17) is 0 Å². The lowest BCUT2D eigenvalue weighted by Crippen LogP contribution is -1.92.